The maximum absolute atomic E-state index is 11.3. The quantitative estimate of drug-likeness (QED) is 0.902. The van der Waals surface area contributed by atoms with Gasteiger partial charge in [0.05, 0.1) is 16.8 Å². The third-order valence-corrected chi connectivity index (χ3v) is 4.15. The number of hydrogen-bond acceptors (Lipinski definition) is 3. The third kappa shape index (κ3) is 3.53. The Kier molecular flexibility index (Phi) is 2.57. The molecule has 20 heavy (non-hydrogen) atoms. The minimum atomic E-state index is -2.64. The van der Waals surface area contributed by atoms with E-state index < -0.39 is 32.5 Å². The van der Waals surface area contributed by atoms with Gasteiger partial charge >= 0.3 is 0 Å². The number of methoxy groups -OCH3 is 1. The van der Waals surface area contributed by atoms with Crippen molar-refractivity contribution in [3.8, 4) is 5.75 Å². The molecule has 0 amide bonds. The topological polar surface area (TPSA) is 32.7 Å². The van der Waals surface area contributed by atoms with E-state index in [-0.39, 0.29) is 12.3 Å². The Labute approximate surface area is 133 Å². The fraction of sp³-hybridized carbons (Fsp3) is 0.647. The molecule has 1 aromatic rings. The lowest BCUT2D eigenvalue weighted by molar-refractivity contribution is -0.0277. The predicted octanol–water partition coefficient (Wildman–Crippen LogP) is 3.04. The molecule has 0 radical (unpaired) electrons. The van der Waals surface area contributed by atoms with E-state index in [1.807, 2.05) is 0 Å². The molecule has 1 saturated carbocycles. The lowest BCUT2D eigenvalue weighted by Gasteiger charge is -2.40. The smallest absolute Gasteiger partial charge is 0.118 e. The second-order valence-electron chi connectivity index (χ2n) is 5.54. The molecule has 0 aliphatic heterocycles. The summed E-state index contributed by atoms with van der Waals surface area (Å²) < 4.78 is 64.5. The third-order valence-electron chi connectivity index (χ3n) is 4.15. The first-order valence-electron chi connectivity index (χ1n) is 11.1. The molecule has 0 bridgehead atoms. The van der Waals surface area contributed by atoms with Crippen molar-refractivity contribution in [2.24, 2.45) is 0 Å². The van der Waals surface area contributed by atoms with Gasteiger partial charge in [0.25, 0.3) is 0 Å². The van der Waals surface area contributed by atoms with E-state index in [0.717, 1.165) is 24.2 Å². The van der Waals surface area contributed by atoms with Crippen LogP contribution in [0.15, 0.2) is 24.3 Å². The van der Waals surface area contributed by atoms with Crippen molar-refractivity contribution in [1.82, 2.24) is 4.90 Å². The minimum Gasteiger partial charge on any atom is -0.497 e. The zero-order valence-corrected chi connectivity index (χ0v) is 11.5. The molecule has 1 aromatic carbocycles. The summed E-state index contributed by atoms with van der Waals surface area (Å²) in [6.45, 7) is -4.52. The molecule has 1 N–H and O–H groups in total. The first-order valence-corrected chi connectivity index (χ1v) is 6.94. The molecule has 1 atom stereocenters. The van der Waals surface area contributed by atoms with Crippen molar-refractivity contribution in [3.63, 3.8) is 0 Å². The van der Waals surface area contributed by atoms with Crippen molar-refractivity contribution >= 4 is 0 Å². The van der Waals surface area contributed by atoms with E-state index in [0.29, 0.717) is 18.4 Å². The molecule has 1 unspecified atom stereocenters. The Hall–Kier alpha value is -1.06. The second-order valence-corrected chi connectivity index (χ2v) is 5.54. The summed E-state index contributed by atoms with van der Waals surface area (Å²) in [5, 5.41) is 11.3. The SMILES string of the molecule is [2H]C([2H])N(CC(c1ccc(OC([2H])([2H])[2H])cc1)C1(O)CCCCC1)C([2H])([2H])[2H]. The maximum atomic E-state index is 11.3. The van der Waals surface area contributed by atoms with E-state index in [1.165, 1.54) is 12.1 Å². The molecule has 0 heterocycles. The van der Waals surface area contributed by atoms with Gasteiger partial charge in [0.1, 0.15) is 5.75 Å². The van der Waals surface area contributed by atoms with Gasteiger partial charge in [-0.25, -0.2) is 0 Å². The van der Waals surface area contributed by atoms with Crippen LogP contribution in [0.5, 0.6) is 5.75 Å². The Morgan fingerprint density at radius 2 is 2.05 bits per heavy atom. The Morgan fingerprint density at radius 3 is 2.65 bits per heavy atom. The Morgan fingerprint density at radius 1 is 1.30 bits per heavy atom. The van der Waals surface area contributed by atoms with E-state index in [1.54, 1.807) is 12.1 Å². The molecule has 3 heteroatoms. The summed E-state index contributed by atoms with van der Waals surface area (Å²) in [5.74, 6) is -0.488. The molecule has 0 saturated heterocycles. The van der Waals surface area contributed by atoms with Gasteiger partial charge in [-0.1, -0.05) is 31.4 Å². The van der Waals surface area contributed by atoms with Crippen LogP contribution in [0.2, 0.25) is 0 Å². The highest BCUT2D eigenvalue weighted by Gasteiger charge is 2.38. The minimum absolute atomic E-state index is 0.143. The summed E-state index contributed by atoms with van der Waals surface area (Å²) in [5.41, 5.74) is -0.527. The van der Waals surface area contributed by atoms with Crippen LogP contribution in [0.1, 0.15) is 54.6 Å². The van der Waals surface area contributed by atoms with Crippen LogP contribution in [0.25, 0.3) is 0 Å². The number of ether oxygens (including phenoxy) is 1. The highest BCUT2D eigenvalue weighted by Crippen LogP contribution is 2.40. The first kappa shape index (κ1) is 7.81. The highest BCUT2D eigenvalue weighted by atomic mass is 16.5. The van der Waals surface area contributed by atoms with Crippen LogP contribution >= 0.6 is 0 Å². The number of rotatable bonds is 5. The van der Waals surface area contributed by atoms with Gasteiger partial charge in [-0.3, -0.25) is 0 Å². The number of aliphatic hydroxyl groups is 1. The van der Waals surface area contributed by atoms with Crippen LogP contribution in [0.3, 0.4) is 0 Å². The second kappa shape index (κ2) is 6.59. The van der Waals surface area contributed by atoms with Crippen molar-refractivity contribution in [2.75, 3.05) is 27.6 Å². The van der Waals surface area contributed by atoms with Crippen molar-refractivity contribution in [2.45, 2.75) is 43.6 Å². The van der Waals surface area contributed by atoms with Crippen molar-refractivity contribution in [3.05, 3.63) is 29.8 Å². The van der Waals surface area contributed by atoms with E-state index >= 15 is 0 Å². The molecule has 0 aromatic heterocycles. The predicted molar refractivity (Wildman–Crippen MR) is 82.3 cm³/mol. The molecular weight excluding hydrogens is 250 g/mol. The lowest BCUT2D eigenvalue weighted by atomic mass is 9.72. The Bertz CT molecular complexity index is 624. The molecule has 1 aliphatic carbocycles. The number of benzene rings is 1. The summed E-state index contributed by atoms with van der Waals surface area (Å²) in [6.07, 6.45) is 3.61. The average molecular weight is 285 g/mol. The van der Waals surface area contributed by atoms with Crippen molar-refractivity contribution in [1.29, 1.82) is 0 Å². The Balaban J connectivity index is 2.35. The molecule has 112 valence electrons. The van der Waals surface area contributed by atoms with Crippen LogP contribution in [-0.2, 0) is 0 Å². The van der Waals surface area contributed by atoms with Gasteiger partial charge in [-0.2, -0.15) is 0 Å². The summed E-state index contributed by atoms with van der Waals surface area (Å²) in [4.78, 5) is 0.775. The van der Waals surface area contributed by atoms with Crippen LogP contribution in [0, 0.1) is 0 Å². The molecular formula is C17H27NO2. The molecule has 3 nitrogen and oxygen atoms in total. The van der Waals surface area contributed by atoms with E-state index in [9.17, 15) is 5.11 Å². The number of likely N-dealkylation sites (N-methyl/N-ethyl adjacent to an activating group) is 1. The summed E-state index contributed by atoms with van der Waals surface area (Å²) in [7, 11) is -2.58. The lowest BCUT2D eigenvalue weighted by Crippen LogP contribution is -2.42. The average Bonchev–Trinajstić information content (AvgIpc) is 2.54. The van der Waals surface area contributed by atoms with Crippen molar-refractivity contribution < 1.29 is 20.8 Å². The standard InChI is InChI=1S/C17H27NO2/c1-18(2)13-16(17(19)11-5-4-6-12-17)14-7-9-15(20-3)10-8-14/h7-10,16,19H,4-6,11-13H2,1-3H3/i1D2,2D3,3D3. The molecule has 0 spiro atoms. The monoisotopic (exact) mass is 285 g/mol. The van der Waals surface area contributed by atoms with Gasteiger partial charge in [-0.15, -0.1) is 0 Å². The van der Waals surface area contributed by atoms with Gasteiger partial charge in [0.15, 0.2) is 0 Å². The van der Waals surface area contributed by atoms with Gasteiger partial charge in [0, 0.05) is 19.3 Å². The normalized spacial score (nSPS) is 27.1. The summed E-state index contributed by atoms with van der Waals surface area (Å²) >= 11 is 0. The molecule has 1 fully saturated rings. The zero-order chi connectivity index (χ0) is 21.2. The van der Waals surface area contributed by atoms with E-state index in [4.69, 9.17) is 15.7 Å². The largest absolute Gasteiger partial charge is 0.497 e. The van der Waals surface area contributed by atoms with Gasteiger partial charge < -0.3 is 14.7 Å². The summed E-state index contributed by atoms with van der Waals surface area (Å²) in [6, 6.07) is 6.16. The van der Waals surface area contributed by atoms with Crippen LogP contribution < -0.4 is 4.74 Å². The van der Waals surface area contributed by atoms with Gasteiger partial charge in [0.2, 0.25) is 0 Å². The van der Waals surface area contributed by atoms with Crippen LogP contribution in [0.4, 0.5) is 0 Å². The maximum Gasteiger partial charge on any atom is 0.118 e. The zero-order valence-electron chi connectivity index (χ0n) is 19.5. The number of hydrogen-bond donors (Lipinski definition) is 1. The number of nitrogens with zero attached hydrogens (tertiary/aromatic N) is 1. The fourth-order valence-corrected chi connectivity index (χ4v) is 3.06. The molecule has 2 rings (SSSR count). The highest BCUT2D eigenvalue weighted by molar-refractivity contribution is 5.31. The first-order chi connectivity index (χ1) is 12.8. The van der Waals surface area contributed by atoms with E-state index in [2.05, 4.69) is 0 Å². The molecule has 1 aliphatic rings. The van der Waals surface area contributed by atoms with Gasteiger partial charge in [-0.05, 0) is 44.5 Å². The fourth-order valence-electron chi connectivity index (χ4n) is 3.06. The van der Waals surface area contributed by atoms with Crippen LogP contribution in [-0.4, -0.2) is 43.2 Å².